The third-order valence-corrected chi connectivity index (χ3v) is 8.50. The lowest BCUT2D eigenvalue weighted by molar-refractivity contribution is -0.125. The molecule has 5 atom stereocenters. The van der Waals surface area contributed by atoms with Gasteiger partial charge in [-0.2, -0.15) is 5.26 Å². The van der Waals surface area contributed by atoms with E-state index in [4.69, 9.17) is 27.9 Å². The Morgan fingerprint density at radius 2 is 1.89 bits per heavy atom. The van der Waals surface area contributed by atoms with Crippen molar-refractivity contribution < 1.29 is 33.3 Å². The molecule has 1 heterocycles. The van der Waals surface area contributed by atoms with E-state index in [0.29, 0.717) is 0 Å². The first-order valence-corrected chi connectivity index (χ1v) is 14.7. The number of hydrogen-bond donors (Lipinski definition) is 3. The number of aliphatic hydroxyl groups is 2. The van der Waals surface area contributed by atoms with Crippen LogP contribution in [-0.2, 0) is 10.2 Å². The number of nitrogens with one attached hydrogen (secondary N) is 1. The van der Waals surface area contributed by atoms with E-state index in [1.807, 2.05) is 0 Å². The summed E-state index contributed by atoms with van der Waals surface area (Å²) in [4.78, 5) is 29.7. The van der Waals surface area contributed by atoms with Crippen LogP contribution in [0.15, 0.2) is 60.7 Å². The Morgan fingerprint density at radius 3 is 2.55 bits per heavy atom. The maximum absolute atomic E-state index is 15.9. The molecule has 12 heteroatoms. The van der Waals surface area contributed by atoms with Crippen LogP contribution in [0.4, 0.5) is 8.78 Å². The van der Waals surface area contributed by atoms with Crippen molar-refractivity contribution >= 4 is 35.0 Å². The number of benzene rings is 3. The molecule has 2 amide bonds. The number of nitrogens with zero attached hydrogens (tertiary/aromatic N) is 2. The maximum atomic E-state index is 15.9. The van der Waals surface area contributed by atoms with Crippen LogP contribution < -0.4 is 10.1 Å². The van der Waals surface area contributed by atoms with Gasteiger partial charge in [-0.3, -0.25) is 9.59 Å². The summed E-state index contributed by atoms with van der Waals surface area (Å²) < 4.78 is 37.4. The van der Waals surface area contributed by atoms with Crippen LogP contribution in [0, 0.1) is 23.0 Å². The number of likely N-dealkylation sites (tertiary alicyclic amines) is 1. The van der Waals surface area contributed by atoms with Gasteiger partial charge in [0.05, 0.1) is 42.0 Å². The predicted octanol–water partition coefficient (Wildman–Crippen LogP) is 4.99. The van der Waals surface area contributed by atoms with Crippen molar-refractivity contribution in [1.29, 1.82) is 5.26 Å². The first-order chi connectivity index (χ1) is 21.0. The molecule has 1 saturated heterocycles. The zero-order chi connectivity index (χ0) is 32.2. The van der Waals surface area contributed by atoms with Crippen LogP contribution in [-0.4, -0.2) is 64.9 Å². The van der Waals surface area contributed by atoms with Crippen LogP contribution in [0.25, 0.3) is 0 Å². The average Bonchev–Trinajstić information content (AvgIpc) is 3.27. The number of carbonyl (C=O) groups excluding carboxylic acids is 2. The second-order valence-electron chi connectivity index (χ2n) is 10.4. The quantitative estimate of drug-likeness (QED) is 0.286. The predicted molar refractivity (Wildman–Crippen MR) is 161 cm³/mol. The smallest absolute Gasteiger partial charge is 0.258 e. The van der Waals surface area contributed by atoms with Gasteiger partial charge in [-0.25, -0.2) is 8.78 Å². The van der Waals surface area contributed by atoms with Gasteiger partial charge in [0, 0.05) is 23.0 Å². The highest BCUT2D eigenvalue weighted by Gasteiger charge is 2.64. The van der Waals surface area contributed by atoms with Crippen molar-refractivity contribution in [3.63, 3.8) is 0 Å². The lowest BCUT2D eigenvalue weighted by Crippen LogP contribution is -2.50. The van der Waals surface area contributed by atoms with Crippen LogP contribution in [0.5, 0.6) is 5.75 Å². The molecular formula is C32H31Cl2F2N3O5. The fraction of sp³-hybridized carbons (Fsp3) is 0.344. The highest BCUT2D eigenvalue weighted by atomic mass is 35.5. The standard InChI is InChI=1S/C32H31Cl2F2N3O5/c1-3-44-26-10-5-4-7-21(26)31(43)39-18(2)32(17-37,23-12-11-19(33)15-25(23)35)27(22-8-6-9-24(34)28(22)36)29(39)30(42)38-14-13-20(41)16-40/h4-12,15,18,20,27,29,40-41H,3,13-14,16H2,1-2H3,(H,38,42)/t18-,20?,27-,29+,32+/m0/s1. The number of ether oxygens (including phenoxy) is 1. The molecule has 0 radical (unpaired) electrons. The number of halogens is 4. The number of nitriles is 1. The number of carbonyl (C=O) groups is 2. The summed E-state index contributed by atoms with van der Waals surface area (Å²) in [6, 6.07) is 13.5. The minimum absolute atomic E-state index is 0.0307. The van der Waals surface area contributed by atoms with Gasteiger partial charge >= 0.3 is 0 Å². The summed E-state index contributed by atoms with van der Waals surface area (Å²) in [5.74, 6) is -4.57. The minimum atomic E-state index is -2.02. The van der Waals surface area contributed by atoms with Gasteiger partial charge in [0.15, 0.2) is 0 Å². The Hall–Kier alpha value is -3.75. The number of amides is 2. The zero-order valence-corrected chi connectivity index (χ0v) is 25.4. The van der Waals surface area contributed by atoms with Crippen LogP contribution in [0.2, 0.25) is 10.0 Å². The van der Waals surface area contributed by atoms with Crippen LogP contribution >= 0.6 is 23.2 Å². The molecule has 1 aliphatic heterocycles. The van der Waals surface area contributed by atoms with Gasteiger partial charge < -0.3 is 25.2 Å². The Bertz CT molecular complexity index is 1590. The summed E-state index contributed by atoms with van der Waals surface area (Å²) in [5, 5.41) is 32.4. The van der Waals surface area contributed by atoms with E-state index in [-0.39, 0.29) is 52.1 Å². The monoisotopic (exact) mass is 645 g/mol. The molecule has 0 bridgehead atoms. The van der Waals surface area contributed by atoms with Gasteiger partial charge in [0.1, 0.15) is 28.8 Å². The summed E-state index contributed by atoms with van der Waals surface area (Å²) in [6.45, 7) is 2.79. The molecule has 4 rings (SSSR count). The van der Waals surface area contributed by atoms with Crippen LogP contribution in [0.3, 0.4) is 0 Å². The van der Waals surface area contributed by atoms with Gasteiger partial charge in [-0.05, 0) is 56.2 Å². The van der Waals surface area contributed by atoms with Crippen LogP contribution in [0.1, 0.15) is 47.7 Å². The molecule has 0 aliphatic carbocycles. The van der Waals surface area contributed by atoms with Crippen molar-refractivity contribution in [1.82, 2.24) is 10.2 Å². The first kappa shape index (κ1) is 33.1. The number of rotatable bonds is 10. The molecule has 0 saturated carbocycles. The molecule has 44 heavy (non-hydrogen) atoms. The van der Waals surface area contributed by atoms with Gasteiger partial charge in [-0.15, -0.1) is 0 Å². The number of hydrogen-bond acceptors (Lipinski definition) is 6. The molecule has 8 nitrogen and oxygen atoms in total. The van der Waals surface area contributed by atoms with E-state index < -0.39 is 59.6 Å². The summed E-state index contributed by atoms with van der Waals surface area (Å²) >= 11 is 12.2. The van der Waals surface area contributed by atoms with Gasteiger partial charge in [0.2, 0.25) is 5.91 Å². The van der Waals surface area contributed by atoms with E-state index >= 15 is 8.78 Å². The molecule has 1 fully saturated rings. The minimum Gasteiger partial charge on any atom is -0.493 e. The normalized spacial score (nSPS) is 21.9. The largest absolute Gasteiger partial charge is 0.493 e. The highest BCUT2D eigenvalue weighted by molar-refractivity contribution is 6.31. The third-order valence-electron chi connectivity index (χ3n) is 7.97. The highest BCUT2D eigenvalue weighted by Crippen LogP contribution is 2.55. The van der Waals surface area contributed by atoms with Crippen molar-refractivity contribution in [2.24, 2.45) is 0 Å². The Morgan fingerprint density at radius 1 is 1.16 bits per heavy atom. The topological polar surface area (TPSA) is 123 Å². The third kappa shape index (κ3) is 5.97. The van der Waals surface area contributed by atoms with Gasteiger partial charge in [-0.1, -0.05) is 53.5 Å². The lowest BCUT2D eigenvalue weighted by atomic mass is 9.65. The summed E-state index contributed by atoms with van der Waals surface area (Å²) in [7, 11) is 0. The Labute approximate surface area is 263 Å². The summed E-state index contributed by atoms with van der Waals surface area (Å²) in [5.41, 5.74) is -2.32. The van der Waals surface area contributed by atoms with Crippen molar-refractivity contribution in [3.8, 4) is 11.8 Å². The maximum Gasteiger partial charge on any atom is 0.258 e. The molecule has 3 aromatic rings. The van der Waals surface area contributed by atoms with E-state index in [9.17, 15) is 25.1 Å². The molecule has 3 N–H and O–H groups in total. The van der Waals surface area contributed by atoms with Crippen molar-refractivity contribution in [2.75, 3.05) is 19.8 Å². The van der Waals surface area contributed by atoms with E-state index in [0.717, 1.165) is 11.0 Å². The molecule has 1 unspecified atom stereocenters. The van der Waals surface area contributed by atoms with Crippen molar-refractivity contribution in [2.45, 2.75) is 49.8 Å². The lowest BCUT2D eigenvalue weighted by Gasteiger charge is -2.34. The molecule has 0 aromatic heterocycles. The van der Waals surface area contributed by atoms with Crippen molar-refractivity contribution in [3.05, 3.63) is 99.0 Å². The Balaban J connectivity index is 2.02. The van der Waals surface area contributed by atoms with E-state index in [1.54, 1.807) is 25.1 Å². The number of para-hydroxylation sites is 1. The molecular weight excluding hydrogens is 615 g/mol. The van der Waals surface area contributed by atoms with Gasteiger partial charge in [0.25, 0.3) is 5.91 Å². The summed E-state index contributed by atoms with van der Waals surface area (Å²) in [6.07, 6.45) is -1.16. The SMILES string of the molecule is CCOc1ccccc1C(=O)N1[C@@H](C)[C@](C#N)(c2ccc(Cl)cc2F)[C@@H](c2cccc(Cl)c2F)[C@@H]1C(=O)NCCC(O)CO. The van der Waals surface area contributed by atoms with E-state index in [1.165, 1.54) is 43.3 Å². The molecule has 1 aliphatic rings. The fourth-order valence-corrected chi connectivity index (χ4v) is 6.29. The average molecular weight is 647 g/mol. The first-order valence-electron chi connectivity index (χ1n) is 13.9. The second-order valence-corrected chi connectivity index (χ2v) is 11.2. The Kier molecular flexibility index (Phi) is 10.5. The fourth-order valence-electron chi connectivity index (χ4n) is 5.95. The molecule has 3 aromatic carbocycles. The molecule has 232 valence electrons. The number of aliphatic hydroxyl groups excluding tert-OH is 2. The van der Waals surface area contributed by atoms with E-state index in [2.05, 4.69) is 11.4 Å². The second kappa shape index (κ2) is 13.9. The zero-order valence-electron chi connectivity index (χ0n) is 23.9. The molecule has 0 spiro atoms.